The van der Waals surface area contributed by atoms with Crippen molar-refractivity contribution in [3.8, 4) is 0 Å². The van der Waals surface area contributed by atoms with E-state index in [9.17, 15) is 8.42 Å². The van der Waals surface area contributed by atoms with E-state index in [1.807, 2.05) is 0 Å². The van der Waals surface area contributed by atoms with Crippen LogP contribution in [0.25, 0.3) is 0 Å². The summed E-state index contributed by atoms with van der Waals surface area (Å²) >= 11 is 1.03. The first-order valence-corrected chi connectivity index (χ1v) is 8.73. The maximum atomic E-state index is 12.3. The van der Waals surface area contributed by atoms with Crippen molar-refractivity contribution in [3.05, 3.63) is 0 Å². The van der Waals surface area contributed by atoms with Crippen LogP contribution in [0.5, 0.6) is 0 Å². The second kappa shape index (κ2) is 7.77. The number of methoxy groups -OCH3 is 1. The molecule has 0 aliphatic carbocycles. The summed E-state index contributed by atoms with van der Waals surface area (Å²) in [6.45, 7) is 2.90. The normalized spacial score (nSPS) is 11.8. The van der Waals surface area contributed by atoms with E-state index in [1.165, 1.54) is 0 Å². The Kier molecular flexibility index (Phi) is 6.66. The van der Waals surface area contributed by atoms with Crippen LogP contribution >= 0.6 is 11.5 Å². The molecule has 0 fully saturated rings. The summed E-state index contributed by atoms with van der Waals surface area (Å²) in [5.74, 6) is 0.0543. The minimum absolute atomic E-state index is 0.0267. The second-order valence-corrected chi connectivity index (χ2v) is 7.02. The van der Waals surface area contributed by atoms with Gasteiger partial charge in [0.1, 0.15) is 9.90 Å². The van der Waals surface area contributed by atoms with Gasteiger partial charge in [-0.1, -0.05) is 6.92 Å². The molecular weight excluding hydrogens is 302 g/mol. The van der Waals surface area contributed by atoms with Crippen molar-refractivity contribution in [2.24, 2.45) is 0 Å². The molecule has 7 nitrogen and oxygen atoms in total. The third-order valence-corrected chi connectivity index (χ3v) is 5.69. The minimum Gasteiger partial charge on any atom is -0.395 e. The number of rotatable bonds is 9. The van der Waals surface area contributed by atoms with Gasteiger partial charge >= 0.3 is 0 Å². The van der Waals surface area contributed by atoms with Crippen molar-refractivity contribution >= 4 is 32.2 Å². The Balaban J connectivity index is 3.16. The van der Waals surface area contributed by atoms with Gasteiger partial charge in [-0.2, -0.15) is 4.37 Å². The van der Waals surface area contributed by atoms with Gasteiger partial charge in [0.05, 0.1) is 19.0 Å². The first-order chi connectivity index (χ1) is 9.47. The molecule has 0 unspecified atom stereocenters. The quantitative estimate of drug-likeness (QED) is 0.675. The first kappa shape index (κ1) is 17.2. The fraction of sp³-hybridized carbons (Fsp3) is 0.727. The number of hydrogen-bond donors (Lipinski definition) is 2. The third kappa shape index (κ3) is 4.05. The second-order valence-electron chi connectivity index (χ2n) is 4.22. The highest BCUT2D eigenvalue weighted by Gasteiger charge is 2.27. The largest absolute Gasteiger partial charge is 0.395 e. The molecule has 0 atom stereocenters. The zero-order valence-electron chi connectivity index (χ0n) is 11.7. The molecule has 1 heterocycles. The fourth-order valence-corrected chi connectivity index (χ4v) is 4.60. The highest BCUT2D eigenvalue weighted by Crippen LogP contribution is 2.35. The van der Waals surface area contributed by atoms with Crippen LogP contribution in [-0.4, -0.2) is 57.1 Å². The lowest BCUT2D eigenvalue weighted by atomic mass is 10.4. The van der Waals surface area contributed by atoms with Crippen molar-refractivity contribution in [2.45, 2.75) is 18.2 Å². The van der Waals surface area contributed by atoms with Gasteiger partial charge in [-0.15, -0.1) is 0 Å². The molecule has 0 saturated heterocycles. The van der Waals surface area contributed by atoms with Crippen LogP contribution in [0.3, 0.4) is 0 Å². The van der Waals surface area contributed by atoms with Crippen LogP contribution in [-0.2, 0) is 14.6 Å². The molecule has 1 aromatic heterocycles. The Bertz CT molecular complexity index is 516. The lowest BCUT2D eigenvalue weighted by Crippen LogP contribution is -2.30. The number of aliphatic hydroxyl groups excluding tert-OH is 1. The van der Waals surface area contributed by atoms with Gasteiger partial charge < -0.3 is 20.5 Å². The van der Waals surface area contributed by atoms with Gasteiger partial charge in [-0.05, 0) is 18.0 Å². The monoisotopic (exact) mass is 323 g/mol. The van der Waals surface area contributed by atoms with Crippen molar-refractivity contribution < 1.29 is 18.3 Å². The van der Waals surface area contributed by atoms with E-state index in [0.717, 1.165) is 11.5 Å². The van der Waals surface area contributed by atoms with Gasteiger partial charge in [0, 0.05) is 20.2 Å². The molecule has 0 saturated carbocycles. The summed E-state index contributed by atoms with van der Waals surface area (Å²) in [6, 6.07) is 0. The molecule has 0 amide bonds. The zero-order chi connectivity index (χ0) is 15.2. The van der Waals surface area contributed by atoms with E-state index in [4.69, 9.17) is 15.6 Å². The topological polar surface area (TPSA) is 106 Å². The highest BCUT2D eigenvalue weighted by molar-refractivity contribution is 7.91. The molecule has 1 aromatic rings. The average Bonchev–Trinajstić information content (AvgIpc) is 2.77. The molecule has 3 N–H and O–H groups in total. The smallest absolute Gasteiger partial charge is 0.185 e. The van der Waals surface area contributed by atoms with Gasteiger partial charge in [-0.25, -0.2) is 8.42 Å². The fourth-order valence-electron chi connectivity index (χ4n) is 1.79. The average molecular weight is 323 g/mol. The van der Waals surface area contributed by atoms with Crippen molar-refractivity contribution in [1.29, 1.82) is 0 Å². The van der Waals surface area contributed by atoms with Gasteiger partial charge in [0.2, 0.25) is 0 Å². The van der Waals surface area contributed by atoms with E-state index in [1.54, 1.807) is 18.9 Å². The highest BCUT2D eigenvalue weighted by atomic mass is 32.2. The van der Waals surface area contributed by atoms with E-state index in [-0.39, 0.29) is 23.1 Å². The maximum absolute atomic E-state index is 12.3. The number of ether oxygens (including phenoxy) is 1. The van der Waals surface area contributed by atoms with Crippen molar-refractivity contribution in [1.82, 2.24) is 4.37 Å². The van der Waals surface area contributed by atoms with Crippen LogP contribution in [0.4, 0.5) is 10.8 Å². The number of hydrogen-bond acceptors (Lipinski definition) is 8. The standard InChI is InChI=1S/C11H21N3O4S2/c1-3-8-20(16,17)9-10(12)13-19-11(9)14(4-6-15)5-7-18-2/h15H,3-8H2,1-2H3,(H2,12,13). The summed E-state index contributed by atoms with van der Waals surface area (Å²) in [5, 5.41) is 9.60. The summed E-state index contributed by atoms with van der Waals surface area (Å²) < 4.78 is 33.5. The molecule has 0 bridgehead atoms. The molecule has 116 valence electrons. The van der Waals surface area contributed by atoms with E-state index < -0.39 is 9.84 Å². The number of aliphatic hydroxyl groups is 1. The molecule has 9 heteroatoms. The van der Waals surface area contributed by atoms with Crippen LogP contribution < -0.4 is 10.6 Å². The molecule has 1 rings (SSSR count). The number of nitrogens with two attached hydrogens (primary N) is 1. The van der Waals surface area contributed by atoms with Crippen LogP contribution in [0, 0.1) is 0 Å². The molecule has 0 aromatic carbocycles. The van der Waals surface area contributed by atoms with Crippen LogP contribution in [0.1, 0.15) is 13.3 Å². The lowest BCUT2D eigenvalue weighted by Gasteiger charge is -2.22. The lowest BCUT2D eigenvalue weighted by molar-refractivity contribution is 0.203. The number of aromatic nitrogens is 1. The Morgan fingerprint density at radius 3 is 2.70 bits per heavy atom. The Hall–Kier alpha value is -0.900. The van der Waals surface area contributed by atoms with Crippen molar-refractivity contribution in [2.75, 3.05) is 49.8 Å². The summed E-state index contributed by atoms with van der Waals surface area (Å²) in [4.78, 5) is 1.81. The predicted molar refractivity (Wildman–Crippen MR) is 80.0 cm³/mol. The van der Waals surface area contributed by atoms with E-state index >= 15 is 0 Å². The van der Waals surface area contributed by atoms with Gasteiger partial charge in [0.25, 0.3) is 0 Å². The number of sulfone groups is 1. The van der Waals surface area contributed by atoms with E-state index in [0.29, 0.717) is 31.1 Å². The maximum Gasteiger partial charge on any atom is 0.185 e. The van der Waals surface area contributed by atoms with Crippen LogP contribution in [0.2, 0.25) is 0 Å². The molecule has 20 heavy (non-hydrogen) atoms. The number of nitrogen functional groups attached to an aromatic ring is 1. The first-order valence-electron chi connectivity index (χ1n) is 6.30. The van der Waals surface area contributed by atoms with Gasteiger partial charge in [0.15, 0.2) is 15.7 Å². The van der Waals surface area contributed by atoms with E-state index in [2.05, 4.69) is 4.37 Å². The van der Waals surface area contributed by atoms with Crippen molar-refractivity contribution in [3.63, 3.8) is 0 Å². The third-order valence-electron chi connectivity index (χ3n) is 2.66. The molecule has 0 aliphatic heterocycles. The summed E-state index contributed by atoms with van der Waals surface area (Å²) in [7, 11) is -1.90. The number of anilines is 2. The minimum atomic E-state index is -3.46. The van der Waals surface area contributed by atoms with Crippen LogP contribution in [0.15, 0.2) is 4.90 Å². The van der Waals surface area contributed by atoms with Gasteiger partial charge in [-0.3, -0.25) is 0 Å². The predicted octanol–water partition coefficient (Wildman–Crippen LogP) is 0.354. The Labute approximate surface area is 123 Å². The number of nitrogens with zero attached hydrogens (tertiary/aromatic N) is 2. The molecule has 0 aliphatic rings. The Morgan fingerprint density at radius 2 is 2.15 bits per heavy atom. The SMILES string of the molecule is CCCS(=O)(=O)c1c(N)nsc1N(CCO)CCOC. The Morgan fingerprint density at radius 1 is 1.45 bits per heavy atom. The summed E-state index contributed by atoms with van der Waals surface area (Å²) in [6.07, 6.45) is 0.509. The molecular formula is C11H21N3O4S2. The molecule has 0 radical (unpaired) electrons. The zero-order valence-corrected chi connectivity index (χ0v) is 13.3. The summed E-state index contributed by atoms with van der Waals surface area (Å²) in [5.41, 5.74) is 5.72. The molecule has 0 spiro atoms.